The number of carbonyl (C=O) groups excluding carboxylic acids is 2. The second-order valence-corrected chi connectivity index (χ2v) is 9.36. The molecule has 0 saturated carbocycles. The van der Waals surface area contributed by atoms with E-state index in [1.54, 1.807) is 37.3 Å². The van der Waals surface area contributed by atoms with Crippen molar-refractivity contribution in [2.75, 3.05) is 0 Å². The highest BCUT2D eigenvalue weighted by atomic mass is 79.9. The SMILES string of the molecule is Cc1cc(OC(=O)c2cc3cc(Br)ccc3o2)cc2c1C(=O)/C(=C/c1cn(C)c3ccccc13)O2. The lowest BCUT2D eigenvalue weighted by atomic mass is 10.0. The normalized spacial score (nSPS) is 14.0. The lowest BCUT2D eigenvalue weighted by molar-refractivity contribution is 0.0703. The zero-order valence-electron chi connectivity index (χ0n) is 18.8. The van der Waals surface area contributed by atoms with Gasteiger partial charge in [0.15, 0.2) is 5.76 Å². The van der Waals surface area contributed by atoms with E-state index in [4.69, 9.17) is 13.9 Å². The molecule has 35 heavy (non-hydrogen) atoms. The van der Waals surface area contributed by atoms with E-state index in [2.05, 4.69) is 15.9 Å². The van der Waals surface area contributed by atoms with E-state index in [0.29, 0.717) is 22.5 Å². The minimum Gasteiger partial charge on any atom is -0.452 e. The molecule has 3 aromatic carbocycles. The Kier molecular flexibility index (Phi) is 4.89. The number of hydrogen-bond donors (Lipinski definition) is 0. The Bertz CT molecular complexity index is 1720. The average Bonchev–Trinajstić information content (AvgIpc) is 3.48. The molecular formula is C28H18BrNO5. The predicted octanol–water partition coefficient (Wildman–Crippen LogP) is 6.83. The number of allylic oxidation sites excluding steroid dienone is 1. The molecule has 0 amide bonds. The Morgan fingerprint density at radius 2 is 1.91 bits per heavy atom. The third-order valence-electron chi connectivity index (χ3n) is 6.05. The number of nitrogens with zero attached hydrogens (tertiary/aromatic N) is 1. The number of hydrogen-bond acceptors (Lipinski definition) is 5. The number of ether oxygens (including phenoxy) is 2. The predicted molar refractivity (Wildman–Crippen MR) is 136 cm³/mol. The van der Waals surface area contributed by atoms with Gasteiger partial charge in [-0.3, -0.25) is 4.79 Å². The van der Waals surface area contributed by atoms with Crippen LogP contribution in [0, 0.1) is 6.92 Å². The van der Waals surface area contributed by atoms with Crippen LogP contribution >= 0.6 is 15.9 Å². The third-order valence-corrected chi connectivity index (χ3v) is 6.54. The van der Waals surface area contributed by atoms with Crippen LogP contribution in [0.3, 0.4) is 0 Å². The van der Waals surface area contributed by atoms with Crippen LogP contribution in [0.1, 0.15) is 32.0 Å². The zero-order chi connectivity index (χ0) is 24.3. The summed E-state index contributed by atoms with van der Waals surface area (Å²) >= 11 is 3.41. The molecule has 1 aliphatic rings. The molecule has 0 aliphatic carbocycles. The second-order valence-electron chi connectivity index (χ2n) is 8.45. The molecule has 1 aliphatic heterocycles. The number of carbonyl (C=O) groups is 2. The maximum atomic E-state index is 13.1. The maximum absolute atomic E-state index is 13.1. The first-order valence-electron chi connectivity index (χ1n) is 10.9. The summed E-state index contributed by atoms with van der Waals surface area (Å²) in [7, 11) is 1.96. The van der Waals surface area contributed by atoms with E-state index in [1.807, 2.05) is 54.2 Å². The molecule has 0 fully saturated rings. The van der Waals surface area contributed by atoms with E-state index >= 15 is 0 Å². The summed E-state index contributed by atoms with van der Waals surface area (Å²) in [5.74, 6) is 0.110. The highest BCUT2D eigenvalue weighted by Crippen LogP contribution is 2.38. The van der Waals surface area contributed by atoms with Crippen molar-refractivity contribution in [1.29, 1.82) is 0 Å². The van der Waals surface area contributed by atoms with Crippen molar-refractivity contribution >= 4 is 55.6 Å². The van der Waals surface area contributed by atoms with Crippen molar-refractivity contribution in [2.45, 2.75) is 6.92 Å². The third kappa shape index (κ3) is 3.65. The first-order chi connectivity index (χ1) is 16.9. The van der Waals surface area contributed by atoms with Gasteiger partial charge in [-0.05, 0) is 55.0 Å². The van der Waals surface area contributed by atoms with Crippen molar-refractivity contribution in [2.24, 2.45) is 7.05 Å². The van der Waals surface area contributed by atoms with E-state index < -0.39 is 5.97 Å². The van der Waals surface area contributed by atoms with Gasteiger partial charge in [-0.1, -0.05) is 34.1 Å². The van der Waals surface area contributed by atoms with Crippen LogP contribution in [0.4, 0.5) is 0 Å². The number of benzene rings is 3. The largest absolute Gasteiger partial charge is 0.452 e. The van der Waals surface area contributed by atoms with Crippen molar-refractivity contribution < 1.29 is 23.5 Å². The van der Waals surface area contributed by atoms with Crippen molar-refractivity contribution in [1.82, 2.24) is 4.57 Å². The molecule has 172 valence electrons. The number of Topliss-reactive ketones (excluding diaryl/α,β-unsaturated/α-hetero) is 1. The van der Waals surface area contributed by atoms with Gasteiger partial charge in [0, 0.05) is 45.6 Å². The molecule has 0 unspecified atom stereocenters. The van der Waals surface area contributed by atoms with Gasteiger partial charge in [-0.25, -0.2) is 4.79 Å². The van der Waals surface area contributed by atoms with Crippen molar-refractivity contribution in [3.05, 3.63) is 99.5 Å². The van der Waals surface area contributed by atoms with Gasteiger partial charge in [-0.2, -0.15) is 0 Å². The quantitative estimate of drug-likeness (QED) is 0.146. The number of furan rings is 1. The Hall–Kier alpha value is -4.10. The van der Waals surface area contributed by atoms with Crippen molar-refractivity contribution in [3.63, 3.8) is 0 Å². The minimum atomic E-state index is -0.632. The average molecular weight is 528 g/mol. The Labute approximate surface area is 208 Å². The van der Waals surface area contributed by atoms with Gasteiger partial charge in [0.1, 0.15) is 17.1 Å². The molecule has 0 radical (unpaired) electrons. The first kappa shape index (κ1) is 21.4. The van der Waals surface area contributed by atoms with Gasteiger partial charge < -0.3 is 18.5 Å². The zero-order valence-corrected chi connectivity index (χ0v) is 20.4. The summed E-state index contributed by atoms with van der Waals surface area (Å²) in [6.07, 6.45) is 3.71. The Morgan fingerprint density at radius 1 is 1.09 bits per heavy atom. The fourth-order valence-electron chi connectivity index (χ4n) is 4.44. The number of aromatic nitrogens is 1. The van der Waals surface area contributed by atoms with Crippen molar-refractivity contribution in [3.8, 4) is 11.5 Å². The van der Waals surface area contributed by atoms with Crippen LogP contribution in [0.2, 0.25) is 0 Å². The first-order valence-corrected chi connectivity index (χ1v) is 11.7. The Balaban J connectivity index is 1.30. The van der Waals surface area contributed by atoms with Crippen LogP contribution in [0.15, 0.2) is 81.5 Å². The molecule has 6 nitrogen and oxygen atoms in total. The van der Waals surface area contributed by atoms with Gasteiger partial charge in [-0.15, -0.1) is 0 Å². The summed E-state index contributed by atoms with van der Waals surface area (Å²) in [4.78, 5) is 25.8. The molecule has 0 spiro atoms. The number of aryl methyl sites for hydroxylation is 2. The fourth-order valence-corrected chi connectivity index (χ4v) is 4.82. The molecule has 0 N–H and O–H groups in total. The highest BCUT2D eigenvalue weighted by Gasteiger charge is 2.31. The van der Waals surface area contributed by atoms with Gasteiger partial charge in [0.25, 0.3) is 0 Å². The van der Waals surface area contributed by atoms with Gasteiger partial charge in [0.2, 0.25) is 11.5 Å². The summed E-state index contributed by atoms with van der Waals surface area (Å²) < 4.78 is 20.0. The Morgan fingerprint density at radius 3 is 2.77 bits per heavy atom. The topological polar surface area (TPSA) is 70.7 Å². The molecule has 6 rings (SSSR count). The number of esters is 1. The summed E-state index contributed by atoms with van der Waals surface area (Å²) in [6.45, 7) is 1.79. The number of halogens is 1. The molecule has 0 saturated heterocycles. The summed E-state index contributed by atoms with van der Waals surface area (Å²) in [6, 6.07) is 18.3. The smallest absolute Gasteiger partial charge is 0.379 e. The van der Waals surface area contributed by atoms with Gasteiger partial charge >= 0.3 is 5.97 Å². The summed E-state index contributed by atoms with van der Waals surface area (Å²) in [5.41, 5.74) is 3.66. The highest BCUT2D eigenvalue weighted by molar-refractivity contribution is 9.10. The summed E-state index contributed by atoms with van der Waals surface area (Å²) in [5, 5.41) is 1.81. The van der Waals surface area contributed by atoms with Crippen LogP contribution in [0.25, 0.3) is 27.9 Å². The molecule has 2 aromatic heterocycles. The van der Waals surface area contributed by atoms with E-state index in [0.717, 1.165) is 26.3 Å². The molecule has 7 heteroatoms. The number of ketones is 1. The molecule has 0 atom stereocenters. The van der Waals surface area contributed by atoms with E-state index in [-0.39, 0.29) is 23.1 Å². The van der Waals surface area contributed by atoms with Crippen LogP contribution in [-0.2, 0) is 7.05 Å². The molecule has 3 heterocycles. The monoisotopic (exact) mass is 527 g/mol. The minimum absolute atomic E-state index is 0.0878. The number of rotatable bonds is 3. The second kappa shape index (κ2) is 7.99. The molecule has 5 aromatic rings. The van der Waals surface area contributed by atoms with Crippen LogP contribution in [0.5, 0.6) is 11.5 Å². The van der Waals surface area contributed by atoms with Crippen LogP contribution in [-0.4, -0.2) is 16.3 Å². The maximum Gasteiger partial charge on any atom is 0.379 e. The molecule has 0 bridgehead atoms. The van der Waals surface area contributed by atoms with E-state index in [1.165, 1.54) is 0 Å². The lowest BCUT2D eigenvalue weighted by Gasteiger charge is -2.06. The number of para-hydroxylation sites is 1. The molecular weight excluding hydrogens is 510 g/mol. The van der Waals surface area contributed by atoms with E-state index in [9.17, 15) is 9.59 Å². The number of fused-ring (bicyclic) bond motifs is 3. The fraction of sp³-hybridized carbons (Fsp3) is 0.0714. The van der Waals surface area contributed by atoms with Crippen LogP contribution < -0.4 is 9.47 Å². The standard InChI is InChI=1S/C28H18BrNO5/c1-15-9-19(33-28(32)25-11-16-10-18(29)7-8-22(16)34-25)13-23-26(15)27(31)24(35-23)12-17-14-30(2)21-6-4-3-5-20(17)21/h3-14H,1-2H3/b24-12-. The van der Waals surface area contributed by atoms with Gasteiger partial charge in [0.05, 0.1) is 5.56 Å². The lowest BCUT2D eigenvalue weighted by Crippen LogP contribution is -2.07.